The number of carboxylic acids is 2. The number of rotatable bonds is 7. The molecule has 1 aromatic carbocycles. The summed E-state index contributed by atoms with van der Waals surface area (Å²) in [7, 11) is 0. The first-order valence-electron chi connectivity index (χ1n) is 14.3. The lowest BCUT2D eigenvalue weighted by Crippen LogP contribution is -2.43. The van der Waals surface area contributed by atoms with E-state index in [2.05, 4.69) is 34.1 Å². The van der Waals surface area contributed by atoms with Crippen molar-refractivity contribution in [3.63, 3.8) is 0 Å². The van der Waals surface area contributed by atoms with Gasteiger partial charge in [0.25, 0.3) is 0 Å². The van der Waals surface area contributed by atoms with Crippen LogP contribution in [0.15, 0.2) is 30.5 Å². The standard InChI is InChI=1S/C28H30Cl2N6O2.C2HF3O2/c1-16-12-18(5-9-25(16)35-11-3-4-20(35)7-10-26(37)38)24-15-32-27-23(14-31)34-36(28(27)33-24)17(2)21-8-6-19(29)13-22(21)30;3-2(4,5)1(6)7/h6,8,12-13,15-17,20,25H,3-5,7,9-11H2,1-2H3,(H,37,38);(H,6,7)/t16?,17?,20-,25?;/m0./s1. The maximum absolute atomic E-state index is 11.1. The quantitative estimate of drug-likeness (QED) is 0.279. The summed E-state index contributed by atoms with van der Waals surface area (Å²) in [6.07, 6.45) is 3.88. The number of fused-ring (bicyclic) bond motifs is 1. The number of likely N-dealkylation sites (tertiary alicyclic amines) is 1. The first-order chi connectivity index (χ1) is 21.2. The van der Waals surface area contributed by atoms with Crippen molar-refractivity contribution >= 4 is 51.9 Å². The van der Waals surface area contributed by atoms with Crippen LogP contribution in [0, 0.1) is 17.2 Å². The van der Waals surface area contributed by atoms with Gasteiger partial charge in [-0.15, -0.1) is 0 Å². The highest BCUT2D eigenvalue weighted by atomic mass is 35.5. The van der Waals surface area contributed by atoms with Gasteiger partial charge in [0.1, 0.15) is 11.6 Å². The molecule has 3 heterocycles. The Morgan fingerprint density at radius 3 is 2.53 bits per heavy atom. The van der Waals surface area contributed by atoms with Crippen LogP contribution in [0.1, 0.15) is 75.4 Å². The molecule has 240 valence electrons. The number of alkyl halides is 3. The summed E-state index contributed by atoms with van der Waals surface area (Å²) in [5, 5.41) is 31.5. The van der Waals surface area contributed by atoms with Gasteiger partial charge in [-0.2, -0.15) is 23.5 Å². The highest BCUT2D eigenvalue weighted by molar-refractivity contribution is 6.35. The van der Waals surface area contributed by atoms with Crippen molar-refractivity contribution in [3.05, 3.63) is 57.5 Å². The van der Waals surface area contributed by atoms with Crippen molar-refractivity contribution in [2.24, 2.45) is 5.92 Å². The molecular weight excluding hydrogens is 636 g/mol. The average Bonchev–Trinajstić information content (AvgIpc) is 3.59. The van der Waals surface area contributed by atoms with E-state index in [9.17, 15) is 23.2 Å². The molecule has 0 saturated carbocycles. The van der Waals surface area contributed by atoms with Crippen LogP contribution < -0.4 is 0 Å². The first-order valence-corrected chi connectivity index (χ1v) is 15.1. The van der Waals surface area contributed by atoms with E-state index in [1.807, 2.05) is 13.0 Å². The van der Waals surface area contributed by atoms with Crippen LogP contribution in [-0.4, -0.2) is 71.6 Å². The Hall–Kier alpha value is -3.73. The van der Waals surface area contributed by atoms with E-state index in [4.69, 9.17) is 43.2 Å². The highest BCUT2D eigenvalue weighted by Gasteiger charge is 2.38. The molecule has 1 aliphatic carbocycles. The fourth-order valence-electron chi connectivity index (χ4n) is 6.03. The number of carboxylic acid groups (broad SMARTS) is 2. The zero-order chi connectivity index (χ0) is 33.1. The summed E-state index contributed by atoms with van der Waals surface area (Å²) < 4.78 is 33.5. The van der Waals surface area contributed by atoms with E-state index in [-0.39, 0.29) is 18.2 Å². The van der Waals surface area contributed by atoms with Crippen LogP contribution in [0.5, 0.6) is 0 Å². The number of nitrogens with zero attached hydrogens (tertiary/aromatic N) is 6. The van der Waals surface area contributed by atoms with Gasteiger partial charge in [-0.25, -0.2) is 19.4 Å². The van der Waals surface area contributed by atoms with Crippen LogP contribution in [0.2, 0.25) is 10.0 Å². The molecule has 2 aliphatic rings. The minimum absolute atomic E-state index is 0.219. The van der Waals surface area contributed by atoms with Gasteiger partial charge in [-0.05, 0) is 74.8 Å². The fraction of sp³-hybridized carbons (Fsp3) is 0.467. The van der Waals surface area contributed by atoms with Crippen LogP contribution in [0.25, 0.3) is 16.7 Å². The van der Waals surface area contributed by atoms with E-state index in [1.54, 1.807) is 23.0 Å². The lowest BCUT2D eigenvalue weighted by molar-refractivity contribution is -0.192. The van der Waals surface area contributed by atoms with Gasteiger partial charge in [-0.3, -0.25) is 9.69 Å². The summed E-state index contributed by atoms with van der Waals surface area (Å²) in [4.78, 5) is 32.1. The molecule has 2 aromatic heterocycles. The van der Waals surface area contributed by atoms with Crippen LogP contribution in [0.4, 0.5) is 13.2 Å². The number of allylic oxidation sites excluding steroid dienone is 1. The summed E-state index contributed by atoms with van der Waals surface area (Å²) in [5.74, 6) is -3.18. The topological polar surface area (TPSA) is 145 Å². The van der Waals surface area contributed by atoms with E-state index in [0.29, 0.717) is 45.6 Å². The Labute approximate surface area is 267 Å². The monoisotopic (exact) mass is 666 g/mol. The van der Waals surface area contributed by atoms with Crippen molar-refractivity contribution in [2.45, 2.75) is 76.7 Å². The first kappa shape index (κ1) is 34.1. The normalized spacial score (nSPS) is 21.0. The van der Waals surface area contributed by atoms with Crippen LogP contribution in [0.3, 0.4) is 0 Å². The van der Waals surface area contributed by atoms with Crippen molar-refractivity contribution in [2.75, 3.05) is 6.54 Å². The number of hydrogen-bond acceptors (Lipinski definition) is 7. The van der Waals surface area contributed by atoms with Gasteiger partial charge >= 0.3 is 18.1 Å². The average molecular weight is 668 g/mol. The van der Waals surface area contributed by atoms with Gasteiger partial charge < -0.3 is 10.2 Å². The van der Waals surface area contributed by atoms with Gasteiger partial charge in [0.05, 0.1) is 17.9 Å². The van der Waals surface area contributed by atoms with Crippen molar-refractivity contribution in [1.82, 2.24) is 24.6 Å². The van der Waals surface area contributed by atoms with Gasteiger partial charge in [0, 0.05) is 28.5 Å². The number of aliphatic carboxylic acids is 2. The zero-order valence-electron chi connectivity index (χ0n) is 24.4. The van der Waals surface area contributed by atoms with Gasteiger partial charge in [-0.1, -0.05) is 42.3 Å². The SMILES string of the molecule is CC1C=C(c2cnc3c(C#N)nn(C(C)c4ccc(Cl)cc4Cl)c3n2)CCC1N1CCC[C@H]1CCC(=O)O.O=C(O)C(F)(F)F. The molecule has 1 saturated heterocycles. The lowest BCUT2D eigenvalue weighted by atomic mass is 9.84. The zero-order valence-corrected chi connectivity index (χ0v) is 25.9. The molecule has 0 radical (unpaired) electrons. The number of aromatic nitrogens is 4. The Kier molecular flexibility index (Phi) is 10.7. The van der Waals surface area contributed by atoms with Crippen molar-refractivity contribution in [3.8, 4) is 6.07 Å². The second-order valence-electron chi connectivity index (χ2n) is 11.1. The van der Waals surface area contributed by atoms with Crippen molar-refractivity contribution in [1.29, 1.82) is 5.26 Å². The minimum Gasteiger partial charge on any atom is -0.481 e. The number of carbonyl (C=O) groups is 2. The second-order valence-corrected chi connectivity index (χ2v) is 11.9. The summed E-state index contributed by atoms with van der Waals surface area (Å²) in [6, 6.07) is 7.92. The molecule has 2 N–H and O–H groups in total. The molecular formula is C30H31Cl2F3N6O4. The molecule has 4 atom stereocenters. The van der Waals surface area contributed by atoms with Crippen LogP contribution >= 0.6 is 23.2 Å². The molecule has 3 aromatic rings. The largest absolute Gasteiger partial charge is 0.490 e. The predicted octanol–water partition coefficient (Wildman–Crippen LogP) is 6.76. The van der Waals surface area contributed by atoms with E-state index in [1.165, 1.54) is 0 Å². The van der Waals surface area contributed by atoms with Gasteiger partial charge in [0.15, 0.2) is 11.3 Å². The van der Waals surface area contributed by atoms with E-state index in [0.717, 1.165) is 49.1 Å². The fourth-order valence-corrected chi connectivity index (χ4v) is 6.60. The Balaban J connectivity index is 0.000000591. The third-order valence-corrected chi connectivity index (χ3v) is 8.74. The number of nitriles is 1. The number of benzene rings is 1. The second kappa shape index (κ2) is 14.1. The number of hydrogen-bond donors (Lipinski definition) is 2. The lowest BCUT2D eigenvalue weighted by Gasteiger charge is -2.38. The Bertz CT molecular complexity index is 1650. The molecule has 15 heteroatoms. The van der Waals surface area contributed by atoms with Crippen molar-refractivity contribution < 1.29 is 33.0 Å². The molecule has 10 nitrogen and oxygen atoms in total. The minimum atomic E-state index is -5.08. The highest BCUT2D eigenvalue weighted by Crippen LogP contribution is 2.37. The molecule has 1 fully saturated rings. The third kappa shape index (κ3) is 7.92. The molecule has 5 rings (SSSR count). The maximum atomic E-state index is 11.1. The Morgan fingerprint density at radius 1 is 1.22 bits per heavy atom. The summed E-state index contributed by atoms with van der Waals surface area (Å²) in [6.45, 7) is 5.21. The summed E-state index contributed by atoms with van der Waals surface area (Å²) >= 11 is 12.6. The molecule has 0 bridgehead atoms. The smallest absolute Gasteiger partial charge is 0.481 e. The molecule has 3 unspecified atom stereocenters. The molecule has 1 aliphatic heterocycles. The molecule has 0 amide bonds. The van der Waals surface area contributed by atoms with E-state index < -0.39 is 18.1 Å². The summed E-state index contributed by atoms with van der Waals surface area (Å²) in [5.41, 5.74) is 3.98. The Morgan fingerprint density at radius 2 is 1.93 bits per heavy atom. The molecule has 45 heavy (non-hydrogen) atoms. The van der Waals surface area contributed by atoms with E-state index >= 15 is 0 Å². The number of halogens is 5. The van der Waals surface area contributed by atoms with Gasteiger partial charge in [0.2, 0.25) is 0 Å². The van der Waals surface area contributed by atoms with Crippen LogP contribution in [-0.2, 0) is 9.59 Å². The third-order valence-electron chi connectivity index (χ3n) is 8.18. The predicted molar refractivity (Wildman–Crippen MR) is 161 cm³/mol. The maximum Gasteiger partial charge on any atom is 0.490 e. The molecule has 0 spiro atoms.